The van der Waals surface area contributed by atoms with Crippen molar-refractivity contribution in [3.8, 4) is 12.3 Å². The highest BCUT2D eigenvalue weighted by Gasteiger charge is 2.25. The number of nitrogens with zero attached hydrogens (tertiary/aromatic N) is 1. The number of hydrogen-bond acceptors (Lipinski definition) is 3. The van der Waals surface area contributed by atoms with Crippen molar-refractivity contribution < 1.29 is 9.52 Å². The summed E-state index contributed by atoms with van der Waals surface area (Å²) >= 11 is 0. The third kappa shape index (κ3) is 1.41. The summed E-state index contributed by atoms with van der Waals surface area (Å²) in [6.45, 7) is 3.20. The molecule has 0 aliphatic rings. The molecule has 1 aromatic rings. The average Bonchev–Trinajstić information content (AvgIpc) is 2.36. The molecule has 1 atom stereocenters. The van der Waals surface area contributed by atoms with Crippen LogP contribution in [0.2, 0.25) is 0 Å². The van der Waals surface area contributed by atoms with Gasteiger partial charge in [-0.2, -0.15) is 0 Å². The van der Waals surface area contributed by atoms with Crippen LogP contribution in [0.15, 0.2) is 10.6 Å². The minimum absolute atomic E-state index is 0.164. The standard InChI is InChI=1S/C8H9NO2/c1-4-8(3,10)7-9-5-6(2)11-7/h1,5,10H,2-3H3. The quantitative estimate of drug-likeness (QED) is 0.604. The second-order valence-electron chi connectivity index (χ2n) is 2.49. The van der Waals surface area contributed by atoms with Crippen molar-refractivity contribution in [1.29, 1.82) is 0 Å². The van der Waals surface area contributed by atoms with Gasteiger partial charge < -0.3 is 9.52 Å². The van der Waals surface area contributed by atoms with Crippen LogP contribution in [0.4, 0.5) is 0 Å². The number of aliphatic hydroxyl groups is 1. The fraction of sp³-hybridized carbons (Fsp3) is 0.375. The molecule has 1 heterocycles. The maximum absolute atomic E-state index is 9.42. The first kappa shape index (κ1) is 7.83. The molecule has 0 spiro atoms. The molecule has 0 aliphatic carbocycles. The smallest absolute Gasteiger partial charge is 0.239 e. The van der Waals surface area contributed by atoms with E-state index in [0.717, 1.165) is 0 Å². The van der Waals surface area contributed by atoms with Crippen LogP contribution in [0.5, 0.6) is 0 Å². The topological polar surface area (TPSA) is 46.3 Å². The number of terminal acetylenes is 1. The fourth-order valence-corrected chi connectivity index (χ4v) is 0.642. The highest BCUT2D eigenvalue weighted by Crippen LogP contribution is 2.18. The zero-order chi connectivity index (χ0) is 8.48. The van der Waals surface area contributed by atoms with Gasteiger partial charge in [-0.15, -0.1) is 6.42 Å². The van der Waals surface area contributed by atoms with E-state index in [0.29, 0.717) is 5.76 Å². The van der Waals surface area contributed by atoms with E-state index in [9.17, 15) is 5.11 Å². The van der Waals surface area contributed by atoms with Gasteiger partial charge in [0.05, 0.1) is 6.20 Å². The molecule has 1 aromatic heterocycles. The molecule has 1 N–H and O–H groups in total. The van der Waals surface area contributed by atoms with Crippen LogP contribution in [0.25, 0.3) is 0 Å². The van der Waals surface area contributed by atoms with Crippen LogP contribution < -0.4 is 0 Å². The molecular formula is C8H9NO2. The van der Waals surface area contributed by atoms with Gasteiger partial charge >= 0.3 is 0 Å². The van der Waals surface area contributed by atoms with Gasteiger partial charge in [-0.05, 0) is 13.8 Å². The van der Waals surface area contributed by atoms with E-state index in [1.165, 1.54) is 13.1 Å². The molecule has 0 amide bonds. The van der Waals surface area contributed by atoms with E-state index < -0.39 is 5.60 Å². The lowest BCUT2D eigenvalue weighted by Crippen LogP contribution is -2.18. The van der Waals surface area contributed by atoms with Crippen LogP contribution >= 0.6 is 0 Å². The number of aryl methyl sites for hydroxylation is 1. The first-order valence-electron chi connectivity index (χ1n) is 3.19. The lowest BCUT2D eigenvalue weighted by atomic mass is 10.1. The summed E-state index contributed by atoms with van der Waals surface area (Å²) in [6, 6.07) is 0. The van der Waals surface area contributed by atoms with Gasteiger partial charge in [0.2, 0.25) is 5.89 Å². The first-order chi connectivity index (χ1) is 5.06. The zero-order valence-electron chi connectivity index (χ0n) is 6.46. The van der Waals surface area contributed by atoms with Crippen LogP contribution in [-0.2, 0) is 5.60 Å². The molecular weight excluding hydrogens is 142 g/mol. The normalized spacial score (nSPS) is 15.5. The van der Waals surface area contributed by atoms with Gasteiger partial charge in [0.15, 0.2) is 5.60 Å². The molecule has 1 rings (SSSR count). The number of hydrogen-bond donors (Lipinski definition) is 1. The Morgan fingerprint density at radius 2 is 2.45 bits per heavy atom. The van der Waals surface area contributed by atoms with Crippen molar-refractivity contribution in [3.05, 3.63) is 17.8 Å². The second kappa shape index (κ2) is 2.40. The SMILES string of the molecule is C#CC(C)(O)c1ncc(C)o1. The minimum Gasteiger partial charge on any atom is -0.442 e. The molecule has 0 aliphatic heterocycles. The highest BCUT2D eigenvalue weighted by molar-refractivity contribution is 5.14. The van der Waals surface area contributed by atoms with Gasteiger partial charge in [0.1, 0.15) is 5.76 Å². The van der Waals surface area contributed by atoms with E-state index in [-0.39, 0.29) is 5.89 Å². The fourth-order valence-electron chi connectivity index (χ4n) is 0.642. The van der Waals surface area contributed by atoms with Crippen LogP contribution in [0, 0.1) is 19.3 Å². The molecule has 0 radical (unpaired) electrons. The third-order valence-corrected chi connectivity index (χ3v) is 1.32. The van der Waals surface area contributed by atoms with Gasteiger partial charge in [0, 0.05) is 0 Å². The zero-order valence-corrected chi connectivity index (χ0v) is 6.46. The van der Waals surface area contributed by atoms with Crippen molar-refractivity contribution >= 4 is 0 Å². The molecule has 0 saturated carbocycles. The molecule has 1 unspecified atom stereocenters. The Morgan fingerprint density at radius 3 is 2.82 bits per heavy atom. The highest BCUT2D eigenvalue weighted by atomic mass is 16.4. The van der Waals surface area contributed by atoms with Gasteiger partial charge in [-0.25, -0.2) is 4.98 Å². The summed E-state index contributed by atoms with van der Waals surface area (Å²) in [5, 5.41) is 9.42. The van der Waals surface area contributed by atoms with Crippen molar-refractivity contribution in [2.45, 2.75) is 19.4 Å². The largest absolute Gasteiger partial charge is 0.442 e. The lowest BCUT2D eigenvalue weighted by Gasteiger charge is -2.09. The Hall–Kier alpha value is -1.27. The maximum atomic E-state index is 9.42. The summed E-state index contributed by atoms with van der Waals surface area (Å²) in [6.07, 6.45) is 6.56. The Kier molecular flexibility index (Phi) is 1.71. The average molecular weight is 151 g/mol. The van der Waals surface area contributed by atoms with Gasteiger partial charge in [-0.1, -0.05) is 5.92 Å². The summed E-state index contributed by atoms with van der Waals surface area (Å²) in [4.78, 5) is 3.80. The van der Waals surface area contributed by atoms with Crippen molar-refractivity contribution in [2.24, 2.45) is 0 Å². The molecule has 0 fully saturated rings. The molecule has 3 heteroatoms. The molecule has 0 aromatic carbocycles. The second-order valence-corrected chi connectivity index (χ2v) is 2.49. The van der Waals surface area contributed by atoms with Gasteiger partial charge in [-0.3, -0.25) is 0 Å². The van der Waals surface area contributed by atoms with Crippen molar-refractivity contribution in [3.63, 3.8) is 0 Å². The number of aromatic nitrogens is 1. The Balaban J connectivity index is 3.04. The molecule has 11 heavy (non-hydrogen) atoms. The predicted octanol–water partition coefficient (Wildman–Crippen LogP) is 0.824. The maximum Gasteiger partial charge on any atom is 0.239 e. The minimum atomic E-state index is -1.39. The van der Waals surface area contributed by atoms with E-state index in [2.05, 4.69) is 10.9 Å². The lowest BCUT2D eigenvalue weighted by molar-refractivity contribution is 0.0884. The van der Waals surface area contributed by atoms with Crippen LogP contribution in [-0.4, -0.2) is 10.1 Å². The number of rotatable bonds is 1. The summed E-state index contributed by atoms with van der Waals surface area (Å²) in [5.41, 5.74) is -1.39. The molecule has 3 nitrogen and oxygen atoms in total. The predicted molar refractivity (Wildman–Crippen MR) is 39.6 cm³/mol. The van der Waals surface area contributed by atoms with Crippen LogP contribution in [0.3, 0.4) is 0 Å². The summed E-state index contributed by atoms with van der Waals surface area (Å²) < 4.78 is 5.04. The van der Waals surface area contributed by atoms with E-state index in [4.69, 9.17) is 10.8 Å². The van der Waals surface area contributed by atoms with E-state index in [1.54, 1.807) is 6.92 Å². The summed E-state index contributed by atoms with van der Waals surface area (Å²) in [5.74, 6) is 2.97. The monoisotopic (exact) mass is 151 g/mol. The Morgan fingerprint density at radius 1 is 1.82 bits per heavy atom. The van der Waals surface area contributed by atoms with Crippen molar-refractivity contribution in [1.82, 2.24) is 4.98 Å². The van der Waals surface area contributed by atoms with E-state index in [1.807, 2.05) is 0 Å². The Labute approximate surface area is 65.1 Å². The molecule has 58 valence electrons. The summed E-state index contributed by atoms with van der Waals surface area (Å²) in [7, 11) is 0. The van der Waals surface area contributed by atoms with Gasteiger partial charge in [0.25, 0.3) is 0 Å². The molecule has 0 saturated heterocycles. The number of oxazole rings is 1. The van der Waals surface area contributed by atoms with Crippen LogP contribution in [0.1, 0.15) is 18.6 Å². The third-order valence-electron chi connectivity index (χ3n) is 1.32. The Bertz CT molecular complexity index is 293. The molecule has 0 bridgehead atoms. The van der Waals surface area contributed by atoms with E-state index >= 15 is 0 Å². The van der Waals surface area contributed by atoms with Crippen molar-refractivity contribution in [2.75, 3.05) is 0 Å². The first-order valence-corrected chi connectivity index (χ1v) is 3.19.